The van der Waals surface area contributed by atoms with Crippen molar-refractivity contribution in [1.29, 1.82) is 0 Å². The minimum atomic E-state index is 0.0710. The van der Waals surface area contributed by atoms with Crippen LogP contribution in [0.4, 0.5) is 0 Å². The molecular weight excluding hydrogens is 192 g/mol. The fourth-order valence-electron chi connectivity index (χ4n) is 1.71. The highest BCUT2D eigenvalue weighted by molar-refractivity contribution is 5.77. The molecule has 1 aliphatic rings. The molecule has 0 aromatic heterocycles. The molecule has 1 saturated heterocycles. The molecule has 1 amide bonds. The zero-order valence-corrected chi connectivity index (χ0v) is 9.71. The van der Waals surface area contributed by atoms with Gasteiger partial charge in [-0.25, -0.2) is 0 Å². The van der Waals surface area contributed by atoms with E-state index in [-0.39, 0.29) is 18.1 Å². The van der Waals surface area contributed by atoms with Gasteiger partial charge in [0.15, 0.2) is 0 Å². The number of ether oxygens (including phenoxy) is 1. The van der Waals surface area contributed by atoms with E-state index >= 15 is 0 Å². The lowest BCUT2D eigenvalue weighted by Crippen LogP contribution is -2.43. The molecule has 0 aromatic rings. The van der Waals surface area contributed by atoms with Crippen LogP contribution in [0.5, 0.6) is 0 Å². The molecule has 2 N–H and O–H groups in total. The maximum Gasteiger partial charge on any atom is 0.233 e. The molecule has 1 fully saturated rings. The minimum Gasteiger partial charge on any atom is -0.377 e. The molecule has 0 spiro atoms. The zero-order chi connectivity index (χ0) is 11.1. The maximum atomic E-state index is 11.3. The maximum absolute atomic E-state index is 11.3. The highest BCUT2D eigenvalue weighted by Crippen LogP contribution is 2.14. The van der Waals surface area contributed by atoms with Gasteiger partial charge in [-0.3, -0.25) is 4.79 Å². The monoisotopic (exact) mass is 214 g/mol. The second-order valence-electron chi connectivity index (χ2n) is 4.07. The Balaban J connectivity index is 2.09. The predicted molar refractivity (Wildman–Crippen MR) is 59.7 cm³/mol. The predicted octanol–water partition coefficient (Wildman–Crippen LogP) is 0.670. The van der Waals surface area contributed by atoms with Gasteiger partial charge in [0.1, 0.15) is 0 Å². The first-order valence-corrected chi connectivity index (χ1v) is 5.85. The van der Waals surface area contributed by atoms with E-state index in [9.17, 15) is 4.79 Å². The summed E-state index contributed by atoms with van der Waals surface area (Å²) in [6.07, 6.45) is 3.50. The van der Waals surface area contributed by atoms with Crippen molar-refractivity contribution < 1.29 is 9.53 Å². The molecule has 0 aliphatic carbocycles. The highest BCUT2D eigenvalue weighted by atomic mass is 16.5. The van der Waals surface area contributed by atoms with E-state index in [1.807, 2.05) is 6.92 Å². The fraction of sp³-hybridized carbons (Fsp3) is 0.909. The van der Waals surface area contributed by atoms with Gasteiger partial charge >= 0.3 is 0 Å². The minimum absolute atomic E-state index is 0.0710. The Morgan fingerprint density at radius 2 is 2.40 bits per heavy atom. The quantitative estimate of drug-likeness (QED) is 0.683. The van der Waals surface area contributed by atoms with Gasteiger partial charge in [0, 0.05) is 19.2 Å². The summed E-state index contributed by atoms with van der Waals surface area (Å²) >= 11 is 0. The first-order valence-electron chi connectivity index (χ1n) is 5.85. The molecule has 0 saturated carbocycles. The summed E-state index contributed by atoms with van der Waals surface area (Å²) in [6.45, 7) is 6.13. The summed E-state index contributed by atoms with van der Waals surface area (Å²) in [6, 6.07) is 0.264. The summed E-state index contributed by atoms with van der Waals surface area (Å²) in [4.78, 5) is 11.3. The van der Waals surface area contributed by atoms with Gasteiger partial charge in [0.05, 0.1) is 12.6 Å². The third-order valence-electron chi connectivity index (χ3n) is 2.68. The second kappa shape index (κ2) is 6.80. The summed E-state index contributed by atoms with van der Waals surface area (Å²) < 4.78 is 5.53. The Morgan fingerprint density at radius 1 is 1.60 bits per heavy atom. The van der Waals surface area contributed by atoms with Crippen LogP contribution >= 0.6 is 0 Å². The lowest BCUT2D eigenvalue weighted by atomic mass is 10.1. The lowest BCUT2D eigenvalue weighted by molar-refractivity contribution is -0.120. The van der Waals surface area contributed by atoms with Crippen LogP contribution in [0.2, 0.25) is 0 Å². The Kier molecular flexibility index (Phi) is 5.65. The molecule has 4 heteroatoms. The first kappa shape index (κ1) is 12.5. The van der Waals surface area contributed by atoms with Gasteiger partial charge in [-0.05, 0) is 26.2 Å². The number of carbonyl (C=O) groups is 1. The molecule has 15 heavy (non-hydrogen) atoms. The molecule has 1 heterocycles. The summed E-state index contributed by atoms with van der Waals surface area (Å²) in [5.74, 6) is 0.0710. The Bertz CT molecular complexity index is 191. The Labute approximate surface area is 91.8 Å². The molecule has 0 aromatic carbocycles. The molecule has 1 rings (SSSR count). The largest absolute Gasteiger partial charge is 0.377 e. The molecule has 88 valence electrons. The van der Waals surface area contributed by atoms with Crippen LogP contribution in [0.3, 0.4) is 0 Å². The summed E-state index contributed by atoms with van der Waals surface area (Å²) in [5, 5.41) is 6.03. The van der Waals surface area contributed by atoms with Crippen LogP contribution in [0.1, 0.15) is 33.1 Å². The fourth-order valence-corrected chi connectivity index (χ4v) is 1.71. The normalized spacial score (nSPS) is 22.7. The summed E-state index contributed by atoms with van der Waals surface area (Å²) in [5.41, 5.74) is 0. The SMILES string of the molecule is CCCNC(=O)CNC(C)C1CCCO1. The molecule has 2 atom stereocenters. The highest BCUT2D eigenvalue weighted by Gasteiger charge is 2.22. The number of amides is 1. The van der Waals surface area contributed by atoms with Crippen molar-refractivity contribution in [3.05, 3.63) is 0 Å². The van der Waals surface area contributed by atoms with Crippen LogP contribution in [-0.2, 0) is 9.53 Å². The molecule has 0 bridgehead atoms. The Hall–Kier alpha value is -0.610. The third kappa shape index (κ3) is 4.62. The second-order valence-corrected chi connectivity index (χ2v) is 4.07. The van der Waals surface area contributed by atoms with E-state index in [2.05, 4.69) is 17.6 Å². The van der Waals surface area contributed by atoms with Crippen LogP contribution in [0, 0.1) is 0 Å². The van der Waals surface area contributed by atoms with Crippen molar-refractivity contribution in [2.45, 2.75) is 45.3 Å². The number of rotatable bonds is 6. The van der Waals surface area contributed by atoms with Crippen LogP contribution in [0.25, 0.3) is 0 Å². The van der Waals surface area contributed by atoms with Crippen LogP contribution in [-0.4, -0.2) is 37.7 Å². The molecular formula is C11H22N2O2. The number of nitrogens with one attached hydrogen (secondary N) is 2. The van der Waals surface area contributed by atoms with E-state index in [4.69, 9.17) is 4.74 Å². The smallest absolute Gasteiger partial charge is 0.233 e. The average molecular weight is 214 g/mol. The van der Waals surface area contributed by atoms with E-state index in [1.165, 1.54) is 0 Å². The standard InChI is InChI=1S/C11H22N2O2/c1-3-6-12-11(14)8-13-9(2)10-5-4-7-15-10/h9-10,13H,3-8H2,1-2H3,(H,12,14). The van der Waals surface area contributed by atoms with E-state index in [1.54, 1.807) is 0 Å². The number of hydrogen-bond acceptors (Lipinski definition) is 3. The van der Waals surface area contributed by atoms with Crippen molar-refractivity contribution in [3.8, 4) is 0 Å². The van der Waals surface area contributed by atoms with E-state index in [0.29, 0.717) is 6.54 Å². The lowest BCUT2D eigenvalue weighted by Gasteiger charge is -2.19. The van der Waals surface area contributed by atoms with Gasteiger partial charge < -0.3 is 15.4 Å². The van der Waals surface area contributed by atoms with Crippen molar-refractivity contribution >= 4 is 5.91 Å². The van der Waals surface area contributed by atoms with Gasteiger partial charge in [-0.1, -0.05) is 6.92 Å². The van der Waals surface area contributed by atoms with Crippen molar-refractivity contribution in [2.75, 3.05) is 19.7 Å². The van der Waals surface area contributed by atoms with Crippen molar-refractivity contribution in [2.24, 2.45) is 0 Å². The topological polar surface area (TPSA) is 50.4 Å². The van der Waals surface area contributed by atoms with Crippen LogP contribution in [0.15, 0.2) is 0 Å². The van der Waals surface area contributed by atoms with E-state index < -0.39 is 0 Å². The first-order chi connectivity index (χ1) is 7.24. The zero-order valence-electron chi connectivity index (χ0n) is 9.71. The van der Waals surface area contributed by atoms with Gasteiger partial charge in [0.25, 0.3) is 0 Å². The van der Waals surface area contributed by atoms with Gasteiger partial charge in [-0.15, -0.1) is 0 Å². The molecule has 1 aliphatic heterocycles. The summed E-state index contributed by atoms with van der Waals surface area (Å²) in [7, 11) is 0. The van der Waals surface area contributed by atoms with Crippen LogP contribution < -0.4 is 10.6 Å². The molecule has 4 nitrogen and oxygen atoms in total. The van der Waals surface area contributed by atoms with Crippen molar-refractivity contribution in [3.63, 3.8) is 0 Å². The molecule has 2 unspecified atom stereocenters. The Morgan fingerprint density at radius 3 is 3.00 bits per heavy atom. The van der Waals surface area contributed by atoms with Crippen molar-refractivity contribution in [1.82, 2.24) is 10.6 Å². The van der Waals surface area contributed by atoms with Gasteiger partial charge in [-0.2, -0.15) is 0 Å². The number of carbonyl (C=O) groups excluding carboxylic acids is 1. The average Bonchev–Trinajstić information content (AvgIpc) is 2.76. The number of hydrogen-bond donors (Lipinski definition) is 2. The third-order valence-corrected chi connectivity index (χ3v) is 2.68. The van der Waals surface area contributed by atoms with E-state index in [0.717, 1.165) is 32.4 Å². The van der Waals surface area contributed by atoms with Gasteiger partial charge in [0.2, 0.25) is 5.91 Å². The molecule has 0 radical (unpaired) electrons.